The zero-order valence-electron chi connectivity index (χ0n) is 24.0. The molecule has 2 aliphatic heterocycles. The molecule has 0 unspecified atom stereocenters. The van der Waals surface area contributed by atoms with Crippen LogP contribution in [0.5, 0.6) is 5.75 Å². The van der Waals surface area contributed by atoms with Gasteiger partial charge in [-0.2, -0.15) is 0 Å². The van der Waals surface area contributed by atoms with Crippen LogP contribution in [-0.2, 0) is 9.59 Å². The van der Waals surface area contributed by atoms with E-state index in [1.165, 1.54) is 6.33 Å². The van der Waals surface area contributed by atoms with E-state index in [4.69, 9.17) is 4.74 Å². The Kier molecular flexibility index (Phi) is 9.42. The maximum atomic E-state index is 13.5. The van der Waals surface area contributed by atoms with E-state index in [1.54, 1.807) is 10.7 Å². The molecule has 2 aliphatic rings. The van der Waals surface area contributed by atoms with E-state index in [-0.39, 0.29) is 24.3 Å². The zero-order valence-corrected chi connectivity index (χ0v) is 24.0. The molecule has 1 fully saturated rings. The molecule has 0 bridgehead atoms. The Morgan fingerprint density at radius 2 is 1.79 bits per heavy atom. The van der Waals surface area contributed by atoms with Crippen molar-refractivity contribution >= 4 is 23.4 Å². The number of piperidine rings is 1. The first-order valence-corrected chi connectivity index (χ1v) is 14.6. The summed E-state index contributed by atoms with van der Waals surface area (Å²) in [6.07, 6.45) is 5.86. The van der Waals surface area contributed by atoms with E-state index in [9.17, 15) is 14.4 Å². The summed E-state index contributed by atoms with van der Waals surface area (Å²) in [5.74, 6) is 0.442. The Morgan fingerprint density at radius 1 is 1.00 bits per heavy atom. The molecule has 42 heavy (non-hydrogen) atoms. The number of likely N-dealkylation sites (tertiary alicyclic amines) is 1. The summed E-state index contributed by atoms with van der Waals surface area (Å²) < 4.78 is 7.53. The van der Waals surface area contributed by atoms with Crippen LogP contribution in [0.25, 0.3) is 5.69 Å². The molecular formula is C30H38N8O4. The Balaban J connectivity index is 1.14. The summed E-state index contributed by atoms with van der Waals surface area (Å²) in [6, 6.07) is 12.9. The number of fused-ring (bicyclic) bond motifs is 1. The molecule has 3 heterocycles. The Hall–Kier alpha value is -4.32. The molecule has 3 amide bonds. The van der Waals surface area contributed by atoms with Gasteiger partial charge < -0.3 is 20.7 Å². The van der Waals surface area contributed by atoms with E-state index in [2.05, 4.69) is 36.4 Å². The number of para-hydroxylation sites is 1. The second kappa shape index (κ2) is 13.6. The third kappa shape index (κ3) is 7.11. The Morgan fingerprint density at radius 3 is 2.55 bits per heavy atom. The lowest BCUT2D eigenvalue weighted by atomic mass is 9.73. The van der Waals surface area contributed by atoms with Gasteiger partial charge in [0.2, 0.25) is 11.8 Å². The minimum atomic E-state index is -0.483. The van der Waals surface area contributed by atoms with E-state index < -0.39 is 5.41 Å². The molecule has 0 aliphatic carbocycles. The molecule has 12 heteroatoms. The molecule has 2 aromatic carbocycles. The first-order chi connectivity index (χ1) is 20.4. The number of ether oxygens (including phenoxy) is 1. The van der Waals surface area contributed by atoms with E-state index in [1.807, 2.05) is 43.3 Å². The maximum Gasteiger partial charge on any atom is 0.255 e. The summed E-state index contributed by atoms with van der Waals surface area (Å²) in [4.78, 5) is 41.2. The third-order valence-corrected chi connectivity index (χ3v) is 8.10. The third-order valence-electron chi connectivity index (χ3n) is 8.10. The number of carbonyl (C=O) groups excluding carboxylic acids is 3. The normalized spacial score (nSPS) is 18.5. The molecule has 1 aromatic heterocycles. The molecule has 3 N–H and O–H groups in total. The van der Waals surface area contributed by atoms with Gasteiger partial charge in [0.15, 0.2) is 0 Å². The average Bonchev–Trinajstić information content (AvgIpc) is 3.53. The second-order valence-corrected chi connectivity index (χ2v) is 11.0. The van der Waals surface area contributed by atoms with Gasteiger partial charge >= 0.3 is 0 Å². The molecule has 5 rings (SSSR count). The van der Waals surface area contributed by atoms with Crippen LogP contribution in [-0.4, -0.2) is 82.2 Å². The molecule has 222 valence electrons. The van der Waals surface area contributed by atoms with Gasteiger partial charge in [0.1, 0.15) is 12.1 Å². The number of tetrazole rings is 1. The molecule has 0 radical (unpaired) electrons. The van der Waals surface area contributed by atoms with Crippen LogP contribution >= 0.6 is 0 Å². The number of nitrogens with zero attached hydrogens (tertiary/aromatic N) is 5. The summed E-state index contributed by atoms with van der Waals surface area (Å²) in [7, 11) is 0. The number of carbonyl (C=O) groups is 3. The number of aryl methyl sites for hydroxylation is 1. The second-order valence-electron chi connectivity index (χ2n) is 11.0. The van der Waals surface area contributed by atoms with Gasteiger partial charge in [-0.15, -0.1) is 5.10 Å². The standard InChI is InChI=1S/C30H38N8O4/c1-22-6-4-7-25-27(22)42-19-5-16-32-29(41)30(12-2-3-15-31-28(25)40)13-17-37(18-14-30)20-26(39)34-23-8-10-24(11-9-23)38-21-33-35-36-38/h4,6-11,21H,2-3,5,12-20H2,1H3,(H,31,40)(H,32,41)(H,34,39). The highest BCUT2D eigenvalue weighted by atomic mass is 16.5. The largest absolute Gasteiger partial charge is 0.492 e. The number of anilines is 1. The van der Waals surface area contributed by atoms with Crippen molar-refractivity contribution in [1.82, 2.24) is 35.7 Å². The van der Waals surface area contributed by atoms with E-state index in [0.717, 1.165) is 30.5 Å². The number of aromatic nitrogens is 4. The van der Waals surface area contributed by atoms with Gasteiger partial charge in [0.25, 0.3) is 5.91 Å². The number of nitrogens with one attached hydrogen (secondary N) is 3. The molecule has 0 saturated carbocycles. The van der Waals surface area contributed by atoms with Crippen LogP contribution in [0.15, 0.2) is 48.8 Å². The van der Waals surface area contributed by atoms with Crippen molar-refractivity contribution in [3.05, 3.63) is 59.9 Å². The lowest BCUT2D eigenvalue weighted by molar-refractivity contribution is -0.134. The zero-order chi connectivity index (χ0) is 29.4. The minimum absolute atomic E-state index is 0.0739. The number of amides is 3. The highest BCUT2D eigenvalue weighted by Crippen LogP contribution is 2.37. The molecular weight excluding hydrogens is 536 g/mol. The van der Waals surface area contributed by atoms with Crippen LogP contribution in [0.3, 0.4) is 0 Å². The molecule has 1 saturated heterocycles. The van der Waals surface area contributed by atoms with Gasteiger partial charge in [0, 0.05) is 18.8 Å². The van der Waals surface area contributed by atoms with Gasteiger partial charge in [0.05, 0.1) is 29.8 Å². The topological polar surface area (TPSA) is 143 Å². The van der Waals surface area contributed by atoms with Gasteiger partial charge in [-0.1, -0.05) is 18.6 Å². The van der Waals surface area contributed by atoms with Gasteiger partial charge in [-0.05, 0) is 98.4 Å². The predicted molar refractivity (Wildman–Crippen MR) is 156 cm³/mol. The first kappa shape index (κ1) is 29.2. The first-order valence-electron chi connectivity index (χ1n) is 14.6. The van der Waals surface area contributed by atoms with Gasteiger partial charge in [-0.25, -0.2) is 4.68 Å². The van der Waals surface area contributed by atoms with Gasteiger partial charge in [-0.3, -0.25) is 19.3 Å². The molecule has 3 aromatic rings. The summed E-state index contributed by atoms with van der Waals surface area (Å²) >= 11 is 0. The van der Waals surface area contributed by atoms with Crippen molar-refractivity contribution in [2.75, 3.05) is 44.6 Å². The maximum absolute atomic E-state index is 13.5. The Labute approximate surface area is 245 Å². The lowest BCUT2D eigenvalue weighted by Crippen LogP contribution is -2.50. The molecule has 12 nitrogen and oxygen atoms in total. The van der Waals surface area contributed by atoms with Crippen LogP contribution in [0.4, 0.5) is 5.69 Å². The lowest BCUT2D eigenvalue weighted by Gasteiger charge is -2.40. The van der Waals surface area contributed by atoms with Crippen molar-refractivity contribution in [3.8, 4) is 11.4 Å². The summed E-state index contributed by atoms with van der Waals surface area (Å²) in [5, 5.41) is 20.2. The number of benzene rings is 2. The van der Waals surface area contributed by atoms with Crippen molar-refractivity contribution in [2.45, 2.75) is 45.4 Å². The molecule has 1 spiro atoms. The van der Waals surface area contributed by atoms with E-state index in [0.29, 0.717) is 69.0 Å². The smallest absolute Gasteiger partial charge is 0.255 e. The monoisotopic (exact) mass is 574 g/mol. The number of hydrogen-bond donors (Lipinski definition) is 3. The fourth-order valence-electron chi connectivity index (χ4n) is 5.65. The predicted octanol–water partition coefficient (Wildman–Crippen LogP) is 2.49. The quantitative estimate of drug-likeness (QED) is 0.431. The summed E-state index contributed by atoms with van der Waals surface area (Å²) in [5.41, 5.74) is 2.47. The molecule has 0 atom stereocenters. The fourth-order valence-corrected chi connectivity index (χ4v) is 5.65. The number of rotatable bonds is 4. The van der Waals surface area contributed by atoms with E-state index >= 15 is 0 Å². The SMILES string of the molecule is Cc1cccc2c1OCCCNC(=O)C1(CCCCNC2=O)CCN(CC(=O)Nc2ccc(-n3cnnn3)cc2)CC1. The van der Waals surface area contributed by atoms with Crippen LogP contribution in [0.2, 0.25) is 0 Å². The fraction of sp³-hybridized carbons (Fsp3) is 0.467. The van der Waals surface area contributed by atoms with Crippen LogP contribution in [0, 0.1) is 12.3 Å². The summed E-state index contributed by atoms with van der Waals surface area (Å²) in [6.45, 7) is 4.95. The minimum Gasteiger partial charge on any atom is -0.492 e. The Bertz CT molecular complexity index is 1370. The van der Waals surface area contributed by atoms with Crippen molar-refractivity contribution in [3.63, 3.8) is 0 Å². The highest BCUT2D eigenvalue weighted by molar-refractivity contribution is 5.97. The number of hydrogen-bond acceptors (Lipinski definition) is 8. The highest BCUT2D eigenvalue weighted by Gasteiger charge is 2.40. The van der Waals surface area contributed by atoms with Crippen molar-refractivity contribution < 1.29 is 19.1 Å². The van der Waals surface area contributed by atoms with Crippen LogP contribution in [0.1, 0.15) is 54.4 Å². The van der Waals surface area contributed by atoms with Crippen LogP contribution < -0.4 is 20.7 Å². The van der Waals surface area contributed by atoms with Crippen molar-refractivity contribution in [1.29, 1.82) is 0 Å². The average molecular weight is 575 g/mol. The van der Waals surface area contributed by atoms with Crippen molar-refractivity contribution in [2.24, 2.45) is 5.41 Å².